The van der Waals surface area contributed by atoms with Gasteiger partial charge in [-0.2, -0.15) is 10.1 Å². The van der Waals surface area contributed by atoms with Crippen molar-refractivity contribution in [2.75, 3.05) is 5.32 Å². The molecule has 1 aliphatic carbocycles. The Bertz CT molecular complexity index is 1120. The predicted octanol–water partition coefficient (Wildman–Crippen LogP) is 2.50. The van der Waals surface area contributed by atoms with Crippen molar-refractivity contribution in [1.82, 2.24) is 19.3 Å². The zero-order valence-corrected chi connectivity index (χ0v) is 15.1. The number of aromatic nitrogens is 4. The van der Waals surface area contributed by atoms with Gasteiger partial charge in [0.15, 0.2) is 11.5 Å². The minimum Gasteiger partial charge on any atom is -0.305 e. The van der Waals surface area contributed by atoms with E-state index in [-0.39, 0.29) is 22.2 Å². The predicted molar refractivity (Wildman–Crippen MR) is 98.0 cm³/mol. The molecule has 0 bridgehead atoms. The van der Waals surface area contributed by atoms with E-state index in [0.29, 0.717) is 12.8 Å². The second kappa shape index (κ2) is 6.62. The molecule has 0 fully saturated rings. The zero-order chi connectivity index (χ0) is 19.1. The first kappa shape index (κ1) is 17.4. The highest BCUT2D eigenvalue weighted by Gasteiger charge is 2.28. The molecule has 0 atom stereocenters. The molecule has 3 aromatic rings. The number of nitrogens with zero attached hydrogens (tertiary/aromatic N) is 4. The molecule has 2 aromatic heterocycles. The molecule has 27 heavy (non-hydrogen) atoms. The molecule has 0 unspecified atom stereocenters. The van der Waals surface area contributed by atoms with Gasteiger partial charge in [-0.15, -0.1) is 0 Å². The molecule has 138 valence electrons. The smallest absolute Gasteiger partial charge is 0.305 e. The first-order valence-corrected chi connectivity index (χ1v) is 8.73. The number of carbonyl (C=O) groups is 1. The molecule has 4 rings (SSSR count). The van der Waals surface area contributed by atoms with Crippen molar-refractivity contribution < 1.29 is 9.18 Å². The molecule has 0 saturated heterocycles. The number of carbonyl (C=O) groups excluding carboxylic acids is 1. The SMILES string of the molecule is Cn1ccc(NC(=O)c2nn(-c3cccc(Cl)c3F)c3c2CCC3)nc1=O. The summed E-state index contributed by atoms with van der Waals surface area (Å²) in [6.45, 7) is 0. The zero-order valence-electron chi connectivity index (χ0n) is 14.4. The van der Waals surface area contributed by atoms with E-state index in [2.05, 4.69) is 15.4 Å². The minimum atomic E-state index is -0.587. The molecule has 1 aromatic carbocycles. The lowest BCUT2D eigenvalue weighted by Crippen LogP contribution is -2.23. The summed E-state index contributed by atoms with van der Waals surface area (Å²) < 4.78 is 17.2. The van der Waals surface area contributed by atoms with Crippen LogP contribution >= 0.6 is 11.6 Å². The van der Waals surface area contributed by atoms with Gasteiger partial charge in [0.2, 0.25) is 0 Å². The molecule has 0 saturated carbocycles. The third-order valence-corrected chi connectivity index (χ3v) is 4.81. The fourth-order valence-corrected chi connectivity index (χ4v) is 3.36. The van der Waals surface area contributed by atoms with E-state index in [0.717, 1.165) is 17.7 Å². The summed E-state index contributed by atoms with van der Waals surface area (Å²) in [6, 6.07) is 6.18. The Morgan fingerprint density at radius 3 is 2.89 bits per heavy atom. The van der Waals surface area contributed by atoms with E-state index >= 15 is 0 Å². The van der Waals surface area contributed by atoms with E-state index in [9.17, 15) is 14.0 Å². The van der Waals surface area contributed by atoms with Crippen LogP contribution in [-0.2, 0) is 19.9 Å². The summed E-state index contributed by atoms with van der Waals surface area (Å²) in [4.78, 5) is 28.1. The summed E-state index contributed by atoms with van der Waals surface area (Å²) >= 11 is 5.88. The van der Waals surface area contributed by atoms with Crippen LogP contribution in [0.5, 0.6) is 0 Å². The highest BCUT2D eigenvalue weighted by molar-refractivity contribution is 6.30. The third-order valence-electron chi connectivity index (χ3n) is 4.52. The second-order valence-corrected chi connectivity index (χ2v) is 6.68. The molecule has 0 radical (unpaired) electrons. The molecular formula is C18H15ClFN5O2. The Morgan fingerprint density at radius 2 is 2.11 bits per heavy atom. The third kappa shape index (κ3) is 3.02. The van der Waals surface area contributed by atoms with Crippen LogP contribution in [0.1, 0.15) is 28.2 Å². The summed E-state index contributed by atoms with van der Waals surface area (Å²) in [5, 5.41) is 6.91. The van der Waals surface area contributed by atoms with Crippen molar-refractivity contribution in [1.29, 1.82) is 0 Å². The first-order chi connectivity index (χ1) is 13.0. The van der Waals surface area contributed by atoms with Gasteiger partial charge in [-0.1, -0.05) is 17.7 Å². The van der Waals surface area contributed by atoms with Gasteiger partial charge in [0, 0.05) is 24.5 Å². The van der Waals surface area contributed by atoms with E-state index < -0.39 is 17.4 Å². The van der Waals surface area contributed by atoms with Crippen molar-refractivity contribution >= 4 is 23.3 Å². The van der Waals surface area contributed by atoms with Crippen molar-refractivity contribution in [2.24, 2.45) is 7.05 Å². The van der Waals surface area contributed by atoms with Crippen LogP contribution in [0.15, 0.2) is 35.3 Å². The quantitative estimate of drug-likeness (QED) is 0.748. The van der Waals surface area contributed by atoms with Gasteiger partial charge in [-0.25, -0.2) is 13.9 Å². The van der Waals surface area contributed by atoms with Gasteiger partial charge in [0.05, 0.1) is 5.02 Å². The van der Waals surface area contributed by atoms with Gasteiger partial charge >= 0.3 is 5.69 Å². The monoisotopic (exact) mass is 387 g/mol. The lowest BCUT2D eigenvalue weighted by atomic mass is 10.2. The molecular weight excluding hydrogens is 373 g/mol. The minimum absolute atomic E-state index is 0.00919. The van der Waals surface area contributed by atoms with Gasteiger partial charge < -0.3 is 9.88 Å². The number of aryl methyl sites for hydroxylation is 1. The maximum atomic E-state index is 14.5. The van der Waals surface area contributed by atoms with E-state index in [1.807, 2.05) is 0 Å². The lowest BCUT2D eigenvalue weighted by molar-refractivity contribution is 0.102. The summed E-state index contributed by atoms with van der Waals surface area (Å²) in [5.74, 6) is -0.940. The molecule has 2 heterocycles. The first-order valence-electron chi connectivity index (χ1n) is 8.36. The van der Waals surface area contributed by atoms with E-state index in [4.69, 9.17) is 11.6 Å². The summed E-state index contributed by atoms with van der Waals surface area (Å²) in [7, 11) is 1.56. The number of benzene rings is 1. The van der Waals surface area contributed by atoms with Gasteiger partial charge in [-0.3, -0.25) is 4.79 Å². The maximum absolute atomic E-state index is 14.5. The Hall–Kier alpha value is -3.00. The Labute approximate surface area is 158 Å². The number of hydrogen-bond acceptors (Lipinski definition) is 4. The summed E-state index contributed by atoms with van der Waals surface area (Å²) in [6.07, 6.45) is 3.71. The number of halogens is 2. The van der Waals surface area contributed by atoms with Crippen molar-refractivity contribution in [3.63, 3.8) is 0 Å². The number of amides is 1. The molecule has 1 aliphatic rings. The van der Waals surface area contributed by atoms with Crippen LogP contribution in [0.25, 0.3) is 5.69 Å². The van der Waals surface area contributed by atoms with Crippen LogP contribution in [0.4, 0.5) is 10.2 Å². The Balaban J connectivity index is 1.74. The Kier molecular flexibility index (Phi) is 4.27. The standard InChI is InChI=1S/C18H15ClFN5O2/c1-24-9-8-14(22-18(24)27)21-17(26)16-10-4-2-6-12(10)25(23-16)13-7-3-5-11(19)15(13)20/h3,5,7-9H,2,4,6H2,1H3,(H,21,22,26,27). The number of nitrogens with one attached hydrogen (secondary N) is 1. The van der Waals surface area contributed by atoms with Gasteiger partial charge in [0.1, 0.15) is 11.5 Å². The van der Waals surface area contributed by atoms with Gasteiger partial charge in [-0.05, 0) is 37.5 Å². The largest absolute Gasteiger partial charge is 0.349 e. The van der Waals surface area contributed by atoms with Gasteiger partial charge in [0.25, 0.3) is 5.91 Å². The molecule has 7 nitrogen and oxygen atoms in total. The number of anilines is 1. The lowest BCUT2D eigenvalue weighted by Gasteiger charge is -2.07. The molecule has 0 aliphatic heterocycles. The van der Waals surface area contributed by atoms with Crippen molar-refractivity contribution in [3.8, 4) is 5.69 Å². The highest BCUT2D eigenvalue weighted by atomic mass is 35.5. The highest BCUT2D eigenvalue weighted by Crippen LogP contribution is 2.30. The number of rotatable bonds is 3. The fraction of sp³-hybridized carbons (Fsp3) is 0.222. The molecule has 0 spiro atoms. The molecule has 1 amide bonds. The molecule has 9 heteroatoms. The second-order valence-electron chi connectivity index (χ2n) is 6.27. The van der Waals surface area contributed by atoms with Crippen molar-refractivity contribution in [2.45, 2.75) is 19.3 Å². The summed E-state index contributed by atoms with van der Waals surface area (Å²) in [5.41, 5.74) is 1.48. The average Bonchev–Trinajstić information content (AvgIpc) is 3.23. The van der Waals surface area contributed by atoms with Crippen LogP contribution in [0.2, 0.25) is 5.02 Å². The Morgan fingerprint density at radius 1 is 1.30 bits per heavy atom. The normalized spacial score (nSPS) is 12.9. The van der Waals surface area contributed by atoms with Crippen LogP contribution < -0.4 is 11.0 Å². The topological polar surface area (TPSA) is 81.8 Å². The van der Waals surface area contributed by atoms with Crippen LogP contribution in [-0.4, -0.2) is 25.2 Å². The van der Waals surface area contributed by atoms with Crippen molar-refractivity contribution in [3.05, 3.63) is 68.7 Å². The molecule has 1 N–H and O–H groups in total. The number of hydrogen-bond donors (Lipinski definition) is 1. The van der Waals surface area contributed by atoms with Crippen LogP contribution in [0.3, 0.4) is 0 Å². The number of fused-ring (bicyclic) bond motifs is 1. The van der Waals surface area contributed by atoms with E-state index in [1.165, 1.54) is 27.6 Å². The van der Waals surface area contributed by atoms with E-state index in [1.54, 1.807) is 19.2 Å². The fourth-order valence-electron chi connectivity index (χ4n) is 3.19. The van der Waals surface area contributed by atoms with Crippen LogP contribution in [0, 0.1) is 5.82 Å². The average molecular weight is 388 g/mol. The maximum Gasteiger partial charge on any atom is 0.349 e.